The first-order valence-corrected chi connectivity index (χ1v) is 6.21. The third-order valence-electron chi connectivity index (χ3n) is 3.41. The lowest BCUT2D eigenvalue weighted by atomic mass is 10.1. The molecule has 3 N–H and O–H groups in total. The van der Waals surface area contributed by atoms with Gasteiger partial charge in [0.05, 0.1) is 17.1 Å². The van der Waals surface area contributed by atoms with Gasteiger partial charge in [-0.15, -0.1) is 0 Å². The first kappa shape index (κ1) is 11.6. The SMILES string of the molecule is CC(c1ccccc1)n1c(=O)[nH]c2ccc(N)cc21. The first-order valence-electron chi connectivity index (χ1n) is 6.21. The molecule has 0 fully saturated rings. The Morgan fingerprint density at radius 3 is 2.63 bits per heavy atom. The number of rotatable bonds is 2. The normalized spacial score (nSPS) is 12.7. The van der Waals surface area contributed by atoms with Crippen LogP contribution in [0.4, 0.5) is 5.69 Å². The third-order valence-corrected chi connectivity index (χ3v) is 3.41. The van der Waals surface area contributed by atoms with Crippen molar-refractivity contribution in [2.24, 2.45) is 0 Å². The number of benzene rings is 2. The summed E-state index contributed by atoms with van der Waals surface area (Å²) in [6.45, 7) is 2.01. The molecule has 0 spiro atoms. The minimum atomic E-state index is -0.114. The van der Waals surface area contributed by atoms with Gasteiger partial charge in [0, 0.05) is 5.69 Å². The molecule has 3 rings (SSSR count). The van der Waals surface area contributed by atoms with E-state index < -0.39 is 0 Å². The molecule has 3 aromatic rings. The van der Waals surface area contributed by atoms with Gasteiger partial charge < -0.3 is 10.7 Å². The molecule has 4 heteroatoms. The number of anilines is 1. The van der Waals surface area contributed by atoms with Crippen LogP contribution in [0.25, 0.3) is 11.0 Å². The number of imidazole rings is 1. The van der Waals surface area contributed by atoms with Crippen molar-refractivity contribution in [1.82, 2.24) is 9.55 Å². The Balaban J connectivity index is 2.22. The highest BCUT2D eigenvalue weighted by Crippen LogP contribution is 2.22. The van der Waals surface area contributed by atoms with Crippen LogP contribution in [0.15, 0.2) is 53.3 Å². The molecule has 0 aliphatic heterocycles. The van der Waals surface area contributed by atoms with Crippen LogP contribution < -0.4 is 11.4 Å². The van der Waals surface area contributed by atoms with Crippen molar-refractivity contribution in [3.05, 3.63) is 64.6 Å². The molecule has 0 saturated heterocycles. The maximum atomic E-state index is 12.1. The van der Waals surface area contributed by atoms with E-state index >= 15 is 0 Å². The maximum Gasteiger partial charge on any atom is 0.327 e. The van der Waals surface area contributed by atoms with Crippen LogP contribution in [0.2, 0.25) is 0 Å². The van der Waals surface area contributed by atoms with Crippen LogP contribution in [0, 0.1) is 0 Å². The minimum Gasteiger partial charge on any atom is -0.399 e. The number of aromatic amines is 1. The Hall–Kier alpha value is -2.49. The van der Waals surface area contributed by atoms with Gasteiger partial charge in [-0.3, -0.25) is 4.57 Å². The van der Waals surface area contributed by atoms with E-state index in [1.807, 2.05) is 49.4 Å². The third kappa shape index (κ3) is 1.91. The molecule has 1 heterocycles. The molecular formula is C15H15N3O. The van der Waals surface area contributed by atoms with Crippen LogP contribution in [0.3, 0.4) is 0 Å². The Labute approximate surface area is 110 Å². The van der Waals surface area contributed by atoms with Crippen molar-refractivity contribution in [1.29, 1.82) is 0 Å². The van der Waals surface area contributed by atoms with E-state index in [2.05, 4.69) is 4.98 Å². The van der Waals surface area contributed by atoms with Gasteiger partial charge in [0.25, 0.3) is 0 Å². The molecule has 4 nitrogen and oxygen atoms in total. The molecule has 0 radical (unpaired) electrons. The zero-order chi connectivity index (χ0) is 13.4. The Bertz CT molecular complexity index is 771. The number of nitrogens with two attached hydrogens (primary N) is 1. The maximum absolute atomic E-state index is 12.1. The van der Waals surface area contributed by atoms with E-state index in [0.717, 1.165) is 16.6 Å². The fourth-order valence-electron chi connectivity index (χ4n) is 2.40. The van der Waals surface area contributed by atoms with Crippen molar-refractivity contribution < 1.29 is 0 Å². The molecular weight excluding hydrogens is 238 g/mol. The minimum absolute atomic E-state index is 0.0377. The van der Waals surface area contributed by atoms with Gasteiger partial charge in [-0.2, -0.15) is 0 Å². The van der Waals surface area contributed by atoms with Gasteiger partial charge >= 0.3 is 5.69 Å². The average molecular weight is 253 g/mol. The monoisotopic (exact) mass is 253 g/mol. The van der Waals surface area contributed by atoms with Gasteiger partial charge in [-0.25, -0.2) is 4.79 Å². The average Bonchev–Trinajstić information content (AvgIpc) is 2.74. The molecule has 0 bridgehead atoms. The van der Waals surface area contributed by atoms with E-state index in [4.69, 9.17) is 5.73 Å². The standard InChI is InChI=1S/C15H15N3O/c1-10(11-5-3-2-4-6-11)18-14-9-12(16)7-8-13(14)17-15(18)19/h2-10H,16H2,1H3,(H,17,19). The lowest BCUT2D eigenvalue weighted by Gasteiger charge is -2.14. The lowest BCUT2D eigenvalue weighted by molar-refractivity contribution is 0.636. The molecule has 0 saturated carbocycles. The molecule has 96 valence electrons. The second-order valence-corrected chi connectivity index (χ2v) is 4.66. The zero-order valence-electron chi connectivity index (χ0n) is 10.6. The number of fused-ring (bicyclic) bond motifs is 1. The highest BCUT2D eigenvalue weighted by atomic mass is 16.1. The summed E-state index contributed by atoms with van der Waals surface area (Å²) in [5.41, 5.74) is 9.08. The quantitative estimate of drug-likeness (QED) is 0.689. The molecule has 1 aromatic heterocycles. The summed E-state index contributed by atoms with van der Waals surface area (Å²) in [6.07, 6.45) is 0. The number of nitrogens with zero attached hydrogens (tertiary/aromatic N) is 1. The molecule has 1 unspecified atom stereocenters. The van der Waals surface area contributed by atoms with Crippen molar-refractivity contribution in [3.8, 4) is 0 Å². The van der Waals surface area contributed by atoms with Crippen LogP contribution in [-0.4, -0.2) is 9.55 Å². The van der Waals surface area contributed by atoms with Crippen molar-refractivity contribution in [2.75, 3.05) is 5.73 Å². The molecule has 1 atom stereocenters. The van der Waals surface area contributed by atoms with Crippen molar-refractivity contribution in [2.45, 2.75) is 13.0 Å². The highest BCUT2D eigenvalue weighted by molar-refractivity contribution is 5.79. The smallest absolute Gasteiger partial charge is 0.327 e. The van der Waals surface area contributed by atoms with Crippen LogP contribution >= 0.6 is 0 Å². The fourth-order valence-corrected chi connectivity index (χ4v) is 2.40. The lowest BCUT2D eigenvalue weighted by Crippen LogP contribution is -2.21. The van der Waals surface area contributed by atoms with Gasteiger partial charge in [0.15, 0.2) is 0 Å². The molecule has 19 heavy (non-hydrogen) atoms. The number of hydrogen-bond acceptors (Lipinski definition) is 2. The summed E-state index contributed by atoms with van der Waals surface area (Å²) in [5.74, 6) is 0. The zero-order valence-corrected chi connectivity index (χ0v) is 10.6. The van der Waals surface area contributed by atoms with Crippen LogP contribution in [-0.2, 0) is 0 Å². The number of H-pyrrole nitrogens is 1. The Kier molecular flexibility index (Phi) is 2.63. The van der Waals surface area contributed by atoms with Gasteiger partial charge in [0.2, 0.25) is 0 Å². The summed E-state index contributed by atoms with van der Waals surface area (Å²) >= 11 is 0. The number of nitrogen functional groups attached to an aromatic ring is 1. The van der Waals surface area contributed by atoms with Gasteiger partial charge in [-0.1, -0.05) is 30.3 Å². The molecule has 0 aliphatic carbocycles. The van der Waals surface area contributed by atoms with Crippen molar-refractivity contribution >= 4 is 16.7 Å². The number of nitrogens with one attached hydrogen (secondary N) is 1. The van der Waals surface area contributed by atoms with E-state index in [1.54, 1.807) is 10.6 Å². The summed E-state index contributed by atoms with van der Waals surface area (Å²) < 4.78 is 1.74. The van der Waals surface area contributed by atoms with E-state index in [-0.39, 0.29) is 11.7 Å². The van der Waals surface area contributed by atoms with Gasteiger partial charge in [0.1, 0.15) is 0 Å². The Morgan fingerprint density at radius 1 is 1.16 bits per heavy atom. The van der Waals surface area contributed by atoms with Crippen molar-refractivity contribution in [3.63, 3.8) is 0 Å². The van der Waals surface area contributed by atoms with Crippen LogP contribution in [0.5, 0.6) is 0 Å². The number of aromatic nitrogens is 2. The van der Waals surface area contributed by atoms with E-state index in [0.29, 0.717) is 5.69 Å². The largest absolute Gasteiger partial charge is 0.399 e. The van der Waals surface area contributed by atoms with Crippen LogP contribution in [0.1, 0.15) is 18.5 Å². The number of hydrogen-bond donors (Lipinski definition) is 2. The predicted octanol–water partition coefficient (Wildman–Crippen LogP) is 2.52. The summed E-state index contributed by atoms with van der Waals surface area (Å²) in [5, 5.41) is 0. The molecule has 0 amide bonds. The molecule has 0 aliphatic rings. The first-order chi connectivity index (χ1) is 9.16. The summed E-state index contributed by atoms with van der Waals surface area (Å²) in [4.78, 5) is 15.0. The Morgan fingerprint density at radius 2 is 1.89 bits per heavy atom. The predicted molar refractivity (Wildman–Crippen MR) is 77.2 cm³/mol. The fraction of sp³-hybridized carbons (Fsp3) is 0.133. The summed E-state index contributed by atoms with van der Waals surface area (Å²) in [7, 11) is 0. The second-order valence-electron chi connectivity index (χ2n) is 4.66. The summed E-state index contributed by atoms with van der Waals surface area (Å²) in [6, 6.07) is 15.4. The van der Waals surface area contributed by atoms with E-state index in [9.17, 15) is 4.79 Å². The van der Waals surface area contributed by atoms with Gasteiger partial charge in [-0.05, 0) is 30.7 Å². The second kappa shape index (κ2) is 4.31. The highest BCUT2D eigenvalue weighted by Gasteiger charge is 2.14. The van der Waals surface area contributed by atoms with E-state index in [1.165, 1.54) is 0 Å². The molecule has 2 aromatic carbocycles. The topological polar surface area (TPSA) is 63.8 Å².